The largest absolute Gasteiger partial charge is 0.347 e. The number of benzene rings is 1. The average molecular weight is 800 g/mol. The molecule has 0 radical (unpaired) electrons. The van der Waals surface area contributed by atoms with Crippen LogP contribution in [0.4, 0.5) is 13.6 Å². The molecule has 1 aliphatic heterocycles. The highest BCUT2D eigenvalue weighted by molar-refractivity contribution is 6.38. The van der Waals surface area contributed by atoms with Crippen LogP contribution in [0.3, 0.4) is 0 Å². The van der Waals surface area contributed by atoms with Gasteiger partial charge in [0, 0.05) is 39.0 Å². The zero-order valence-electron chi connectivity index (χ0n) is 33.7. The molecule has 16 heteroatoms. The summed E-state index contributed by atoms with van der Waals surface area (Å²) in [7, 11) is 3.08. The van der Waals surface area contributed by atoms with E-state index in [1.165, 1.54) is 9.80 Å². The first-order valence-corrected chi connectivity index (χ1v) is 20.3. The van der Waals surface area contributed by atoms with E-state index in [4.69, 9.17) is 0 Å². The van der Waals surface area contributed by atoms with Crippen molar-refractivity contribution in [3.63, 3.8) is 0 Å². The Morgan fingerprint density at radius 1 is 0.877 bits per heavy atom. The molecular formula is C41H59F2N7O7. The number of likely N-dealkylation sites (tertiary alicyclic amines) is 1. The van der Waals surface area contributed by atoms with Crippen LogP contribution in [0.2, 0.25) is 0 Å². The van der Waals surface area contributed by atoms with E-state index in [1.54, 1.807) is 65.2 Å². The summed E-state index contributed by atoms with van der Waals surface area (Å²) in [5.74, 6) is -9.48. The van der Waals surface area contributed by atoms with Gasteiger partial charge in [-0.1, -0.05) is 68.9 Å². The van der Waals surface area contributed by atoms with Crippen molar-refractivity contribution in [3.05, 3.63) is 35.9 Å². The predicted molar refractivity (Wildman–Crippen MR) is 206 cm³/mol. The van der Waals surface area contributed by atoms with Crippen LogP contribution in [0.25, 0.3) is 0 Å². The lowest BCUT2D eigenvalue weighted by atomic mass is 9.80. The molecule has 5 rings (SSSR count). The number of hydrogen-bond donors (Lipinski definition) is 5. The molecule has 14 nitrogen and oxygen atoms in total. The molecule has 7 amide bonds. The number of carbonyl (C=O) groups is 7. The maximum atomic E-state index is 14.9. The number of amides is 7. The maximum Gasteiger partial charge on any atom is 0.315 e. The average Bonchev–Trinajstić information content (AvgIpc) is 3.63. The highest BCUT2D eigenvalue weighted by Gasteiger charge is 2.59. The van der Waals surface area contributed by atoms with E-state index in [2.05, 4.69) is 26.6 Å². The molecule has 1 aromatic carbocycles. The lowest BCUT2D eigenvalue weighted by Gasteiger charge is -2.37. The summed E-state index contributed by atoms with van der Waals surface area (Å²) in [5.41, 5.74) is -0.0811. The topological polar surface area (TPSA) is 186 Å². The molecule has 1 heterocycles. The molecular weight excluding hydrogens is 740 g/mol. The number of nitrogens with one attached hydrogen (secondary N) is 5. The van der Waals surface area contributed by atoms with Gasteiger partial charge in [-0.25, -0.2) is 13.6 Å². The second-order valence-electron chi connectivity index (χ2n) is 17.6. The monoisotopic (exact) mass is 799 g/mol. The Labute approximate surface area is 333 Å². The molecule has 4 fully saturated rings. The van der Waals surface area contributed by atoms with Crippen LogP contribution in [0.15, 0.2) is 30.3 Å². The van der Waals surface area contributed by atoms with Crippen LogP contribution < -0.4 is 26.6 Å². The third kappa shape index (κ3) is 11.3. The summed E-state index contributed by atoms with van der Waals surface area (Å²) >= 11 is 0. The lowest BCUT2D eigenvalue weighted by Crippen LogP contribution is -2.61. The molecule has 3 saturated carbocycles. The van der Waals surface area contributed by atoms with Gasteiger partial charge in [0.05, 0.1) is 12.6 Å². The van der Waals surface area contributed by atoms with Crippen molar-refractivity contribution in [3.8, 4) is 0 Å². The molecule has 6 atom stereocenters. The van der Waals surface area contributed by atoms with Gasteiger partial charge in [-0.3, -0.25) is 28.8 Å². The van der Waals surface area contributed by atoms with Crippen LogP contribution in [-0.4, -0.2) is 108 Å². The van der Waals surface area contributed by atoms with Gasteiger partial charge in [0.25, 0.3) is 5.91 Å². The minimum absolute atomic E-state index is 0.0186. The number of nitrogens with zero attached hydrogens (tertiary/aromatic N) is 2. The number of carbonyl (C=O) groups excluding carboxylic acids is 7. The number of halogens is 2. The summed E-state index contributed by atoms with van der Waals surface area (Å²) in [5, 5.41) is 13.3. The summed E-state index contributed by atoms with van der Waals surface area (Å²) in [6.07, 6.45) is 5.46. The van der Waals surface area contributed by atoms with Crippen molar-refractivity contribution < 1.29 is 42.3 Å². The Morgan fingerprint density at radius 2 is 1.54 bits per heavy atom. The summed E-state index contributed by atoms with van der Waals surface area (Å²) in [4.78, 5) is 97.6. The van der Waals surface area contributed by atoms with Crippen molar-refractivity contribution in [2.45, 2.75) is 127 Å². The van der Waals surface area contributed by atoms with E-state index in [0.717, 1.165) is 38.5 Å². The van der Waals surface area contributed by atoms with Gasteiger partial charge in [-0.05, 0) is 69.3 Å². The second-order valence-corrected chi connectivity index (χ2v) is 17.6. The van der Waals surface area contributed by atoms with Gasteiger partial charge in [0.1, 0.15) is 18.1 Å². The number of ketones is 1. The quantitative estimate of drug-likeness (QED) is 0.179. The Balaban J connectivity index is 1.32. The maximum absolute atomic E-state index is 14.9. The molecule has 5 N–H and O–H groups in total. The molecule has 0 spiro atoms. The van der Waals surface area contributed by atoms with Crippen molar-refractivity contribution in [2.75, 3.05) is 27.2 Å². The van der Waals surface area contributed by atoms with Crippen LogP contribution >= 0.6 is 0 Å². The number of rotatable bonds is 14. The van der Waals surface area contributed by atoms with Gasteiger partial charge in [-0.2, -0.15) is 0 Å². The van der Waals surface area contributed by atoms with Crippen LogP contribution in [-0.2, 0) is 28.8 Å². The van der Waals surface area contributed by atoms with Gasteiger partial charge in [0.2, 0.25) is 35.3 Å². The van der Waals surface area contributed by atoms with Gasteiger partial charge >= 0.3 is 6.03 Å². The zero-order chi connectivity index (χ0) is 41.7. The van der Waals surface area contributed by atoms with Crippen molar-refractivity contribution in [2.24, 2.45) is 23.7 Å². The fraction of sp³-hybridized carbons (Fsp3) is 0.683. The van der Waals surface area contributed by atoms with E-state index < -0.39 is 108 Å². The Bertz CT molecular complexity index is 1660. The number of urea groups is 1. The third-order valence-corrected chi connectivity index (χ3v) is 11.8. The van der Waals surface area contributed by atoms with E-state index >= 15 is 0 Å². The highest BCUT2D eigenvalue weighted by atomic mass is 19.3. The highest BCUT2D eigenvalue weighted by Crippen LogP contribution is 2.50. The fourth-order valence-electron chi connectivity index (χ4n) is 8.76. The fourth-order valence-corrected chi connectivity index (χ4v) is 8.76. The Morgan fingerprint density at radius 3 is 2.14 bits per heavy atom. The molecule has 3 aliphatic carbocycles. The first kappa shape index (κ1) is 43.5. The van der Waals surface area contributed by atoms with Crippen molar-refractivity contribution >= 4 is 41.4 Å². The second kappa shape index (κ2) is 18.3. The SMILES string of the molecule is CN(C)C(=O)[C@@H](NC(=O)CNC(=O)C(=O)[C@H](CC1CCC1)NC(=O)[C@@H]1[C@H]2CC(F)(F)C[C@H]2CN1C(=O)[C@@H](NC(=O)NC(C)(C)C)C1CCCCC1)c1ccccc1. The third-order valence-electron chi connectivity index (χ3n) is 11.8. The van der Waals surface area contributed by atoms with Gasteiger partial charge in [0.15, 0.2) is 0 Å². The van der Waals surface area contributed by atoms with Gasteiger partial charge in [-0.15, -0.1) is 0 Å². The molecule has 1 saturated heterocycles. The summed E-state index contributed by atoms with van der Waals surface area (Å²) in [6, 6.07) is 3.24. The van der Waals surface area contributed by atoms with E-state index in [0.29, 0.717) is 18.4 Å². The lowest BCUT2D eigenvalue weighted by molar-refractivity contribution is -0.145. The van der Waals surface area contributed by atoms with Gasteiger partial charge < -0.3 is 36.4 Å². The number of fused-ring (bicyclic) bond motifs is 1. The Hall–Kier alpha value is -4.63. The molecule has 57 heavy (non-hydrogen) atoms. The number of likely N-dealkylation sites (N-methyl/N-ethyl adjacent to an activating group) is 1. The first-order valence-electron chi connectivity index (χ1n) is 20.3. The standard InChI is InChI=1S/C41H59F2N7O7/c1-40(2,3)48-39(57)47-32(26-17-10-7-11-18-26)38(56)50-23-27-20-41(42,43)21-28(27)33(50)35(53)45-29(19-24-13-12-14-24)34(52)36(54)44-22-30(51)46-31(37(55)49(4)5)25-15-8-6-9-16-25/h6,8-9,15-16,24,26-29,31-33H,7,10-14,17-23H2,1-5H3,(H,44,54)(H,45,53)(H,46,51)(H2,47,48,57)/t27-,28-,29-,31-,32-,33-/m0/s1. The molecule has 0 unspecified atom stereocenters. The van der Waals surface area contributed by atoms with E-state index in [1.807, 2.05) is 0 Å². The normalized spacial score (nSPS) is 23.5. The summed E-state index contributed by atoms with van der Waals surface area (Å²) in [6.45, 7) is 4.66. The molecule has 0 bridgehead atoms. The number of hydrogen-bond acceptors (Lipinski definition) is 7. The molecule has 0 aromatic heterocycles. The van der Waals surface area contributed by atoms with Crippen molar-refractivity contribution in [1.29, 1.82) is 0 Å². The first-order chi connectivity index (χ1) is 26.8. The predicted octanol–water partition coefficient (Wildman–Crippen LogP) is 3.21. The number of Topliss-reactive ketones (excluding diaryl/α,β-unsaturated/α-hetero) is 1. The zero-order valence-corrected chi connectivity index (χ0v) is 33.7. The molecule has 4 aliphatic rings. The Kier molecular flexibility index (Phi) is 14.0. The smallest absolute Gasteiger partial charge is 0.315 e. The van der Waals surface area contributed by atoms with Crippen LogP contribution in [0.1, 0.15) is 103 Å². The van der Waals surface area contributed by atoms with E-state index in [-0.39, 0.29) is 24.8 Å². The molecule has 1 aromatic rings. The summed E-state index contributed by atoms with van der Waals surface area (Å²) < 4.78 is 29.8. The van der Waals surface area contributed by atoms with Crippen LogP contribution in [0.5, 0.6) is 0 Å². The minimum atomic E-state index is -3.05. The number of alkyl halides is 2. The van der Waals surface area contributed by atoms with Crippen LogP contribution in [0, 0.1) is 23.7 Å². The molecule has 314 valence electrons. The van der Waals surface area contributed by atoms with Crippen molar-refractivity contribution in [1.82, 2.24) is 36.4 Å². The van der Waals surface area contributed by atoms with E-state index in [9.17, 15) is 42.3 Å². The minimum Gasteiger partial charge on any atom is -0.347 e.